The Morgan fingerprint density at radius 2 is 1.83 bits per heavy atom. The molecule has 1 aliphatic heterocycles. The summed E-state index contributed by atoms with van der Waals surface area (Å²) < 4.78 is 0. The van der Waals surface area contributed by atoms with Gasteiger partial charge in [-0.2, -0.15) is 0 Å². The van der Waals surface area contributed by atoms with Crippen LogP contribution in [-0.4, -0.2) is 23.1 Å². The Morgan fingerprint density at radius 3 is 2.52 bits per heavy atom. The van der Waals surface area contributed by atoms with Gasteiger partial charge in [-0.25, -0.2) is 9.97 Å². The molecule has 2 aliphatic rings. The fraction of sp³-hybridized carbons (Fsp3) is 0.474. The molecule has 0 unspecified atom stereocenters. The molecule has 2 aromatic rings. The summed E-state index contributed by atoms with van der Waals surface area (Å²) in [5.74, 6) is 0.891. The Labute approximate surface area is 138 Å². The minimum Gasteiger partial charge on any atom is -0.341 e. The van der Waals surface area contributed by atoms with E-state index in [2.05, 4.69) is 46.4 Å². The summed E-state index contributed by atoms with van der Waals surface area (Å²) in [7, 11) is 0. The van der Waals surface area contributed by atoms with E-state index in [1.807, 2.05) is 12.3 Å². The molecule has 1 aliphatic carbocycles. The molecule has 4 nitrogen and oxygen atoms in total. The summed E-state index contributed by atoms with van der Waals surface area (Å²) in [6.45, 7) is 5.11. The number of aryl methyl sites for hydroxylation is 1. The van der Waals surface area contributed by atoms with Gasteiger partial charge in [0.2, 0.25) is 5.95 Å². The third-order valence-electron chi connectivity index (χ3n) is 5.05. The van der Waals surface area contributed by atoms with Gasteiger partial charge in [0.15, 0.2) is 0 Å². The van der Waals surface area contributed by atoms with Gasteiger partial charge < -0.3 is 10.2 Å². The summed E-state index contributed by atoms with van der Waals surface area (Å²) in [6.07, 6.45) is 6.81. The van der Waals surface area contributed by atoms with Gasteiger partial charge in [-0.05, 0) is 44.2 Å². The minimum atomic E-state index is 0.159. The highest BCUT2D eigenvalue weighted by molar-refractivity contribution is 5.34. The van der Waals surface area contributed by atoms with Crippen LogP contribution in [0.25, 0.3) is 0 Å². The summed E-state index contributed by atoms with van der Waals surface area (Å²) in [5.41, 5.74) is 3.96. The lowest BCUT2D eigenvalue weighted by Crippen LogP contribution is -2.29. The number of aromatic nitrogens is 2. The molecule has 0 spiro atoms. The standard InChI is InChI=1S/C19H24N4/c1-15-4-6-16(7-5-15)19(9-10-19)21-14-17-8-11-20-18(22-17)23-12-2-3-13-23/h4-8,11,21H,2-3,9-10,12-14H2,1H3. The van der Waals surface area contributed by atoms with Crippen molar-refractivity contribution in [3.05, 3.63) is 53.3 Å². The molecule has 0 radical (unpaired) electrons. The van der Waals surface area contributed by atoms with Crippen LogP contribution in [0.3, 0.4) is 0 Å². The monoisotopic (exact) mass is 308 g/mol. The van der Waals surface area contributed by atoms with Crippen molar-refractivity contribution < 1.29 is 0 Å². The van der Waals surface area contributed by atoms with Crippen molar-refractivity contribution in [1.82, 2.24) is 15.3 Å². The summed E-state index contributed by atoms with van der Waals surface area (Å²) in [6, 6.07) is 10.9. The fourth-order valence-corrected chi connectivity index (χ4v) is 3.38. The van der Waals surface area contributed by atoms with Gasteiger partial charge in [0, 0.05) is 31.4 Å². The van der Waals surface area contributed by atoms with Gasteiger partial charge in [0.1, 0.15) is 0 Å². The van der Waals surface area contributed by atoms with Crippen molar-refractivity contribution in [3.8, 4) is 0 Å². The number of hydrogen-bond acceptors (Lipinski definition) is 4. The summed E-state index contributed by atoms with van der Waals surface area (Å²) in [4.78, 5) is 11.5. The molecular weight excluding hydrogens is 284 g/mol. The molecule has 120 valence electrons. The molecule has 4 heteroatoms. The van der Waals surface area contributed by atoms with Crippen LogP contribution in [-0.2, 0) is 12.1 Å². The molecule has 1 N–H and O–H groups in total. The SMILES string of the molecule is Cc1ccc(C2(NCc3ccnc(N4CCCC4)n3)CC2)cc1. The fourth-order valence-electron chi connectivity index (χ4n) is 3.38. The van der Waals surface area contributed by atoms with Crippen molar-refractivity contribution in [2.24, 2.45) is 0 Å². The van der Waals surface area contributed by atoms with Crippen LogP contribution in [0.1, 0.15) is 42.5 Å². The van der Waals surface area contributed by atoms with Crippen LogP contribution in [0.15, 0.2) is 36.5 Å². The first-order valence-electron chi connectivity index (χ1n) is 8.64. The van der Waals surface area contributed by atoms with Crippen molar-refractivity contribution in [3.63, 3.8) is 0 Å². The number of hydrogen-bond donors (Lipinski definition) is 1. The van der Waals surface area contributed by atoms with Gasteiger partial charge >= 0.3 is 0 Å². The van der Waals surface area contributed by atoms with Crippen molar-refractivity contribution in [2.45, 2.75) is 44.7 Å². The van der Waals surface area contributed by atoms with Crippen molar-refractivity contribution in [2.75, 3.05) is 18.0 Å². The van der Waals surface area contributed by atoms with Crippen molar-refractivity contribution >= 4 is 5.95 Å². The maximum Gasteiger partial charge on any atom is 0.225 e. The number of nitrogens with zero attached hydrogens (tertiary/aromatic N) is 3. The maximum absolute atomic E-state index is 4.75. The predicted molar refractivity (Wildman–Crippen MR) is 92.4 cm³/mol. The number of nitrogens with one attached hydrogen (secondary N) is 1. The van der Waals surface area contributed by atoms with Crippen LogP contribution in [0.4, 0.5) is 5.95 Å². The third-order valence-corrected chi connectivity index (χ3v) is 5.05. The Hall–Kier alpha value is -1.94. The normalized spacial score (nSPS) is 19.1. The van der Waals surface area contributed by atoms with E-state index in [-0.39, 0.29) is 5.54 Å². The Bertz CT molecular complexity index is 670. The van der Waals surface area contributed by atoms with Crippen molar-refractivity contribution in [1.29, 1.82) is 0 Å². The summed E-state index contributed by atoms with van der Waals surface area (Å²) >= 11 is 0. The first-order valence-corrected chi connectivity index (χ1v) is 8.64. The molecule has 1 aromatic heterocycles. The molecule has 4 rings (SSSR count). The summed E-state index contributed by atoms with van der Waals surface area (Å²) in [5, 5.41) is 3.73. The van der Waals surface area contributed by atoms with Crippen LogP contribution in [0.5, 0.6) is 0 Å². The predicted octanol–water partition coefficient (Wildman–Crippen LogP) is 3.16. The second-order valence-electron chi connectivity index (χ2n) is 6.84. The molecule has 2 fully saturated rings. The maximum atomic E-state index is 4.75. The second-order valence-corrected chi connectivity index (χ2v) is 6.84. The number of benzene rings is 1. The molecule has 0 amide bonds. The van der Waals surface area contributed by atoms with Gasteiger partial charge in [-0.15, -0.1) is 0 Å². The Kier molecular flexibility index (Phi) is 3.77. The van der Waals surface area contributed by atoms with Gasteiger partial charge in [-0.3, -0.25) is 0 Å². The van der Waals surface area contributed by atoms with Gasteiger partial charge in [0.05, 0.1) is 5.69 Å². The Balaban J connectivity index is 1.44. The zero-order chi connectivity index (χ0) is 15.7. The topological polar surface area (TPSA) is 41.1 Å². The van der Waals surface area contributed by atoms with Crippen LogP contribution in [0, 0.1) is 6.92 Å². The second kappa shape index (κ2) is 5.93. The van der Waals surface area contributed by atoms with E-state index >= 15 is 0 Å². The first-order chi connectivity index (χ1) is 11.3. The molecule has 23 heavy (non-hydrogen) atoms. The molecule has 0 atom stereocenters. The van der Waals surface area contributed by atoms with Gasteiger partial charge in [-0.1, -0.05) is 29.8 Å². The van der Waals surface area contributed by atoms with E-state index in [1.54, 1.807) is 0 Å². The largest absolute Gasteiger partial charge is 0.341 e. The molecule has 1 aromatic carbocycles. The Morgan fingerprint density at radius 1 is 1.09 bits per heavy atom. The highest BCUT2D eigenvalue weighted by Gasteiger charge is 2.43. The van der Waals surface area contributed by atoms with E-state index in [0.717, 1.165) is 31.3 Å². The number of anilines is 1. The third kappa shape index (κ3) is 3.08. The first kappa shape index (κ1) is 14.6. The van der Waals surface area contributed by atoms with Crippen LogP contribution >= 0.6 is 0 Å². The van der Waals surface area contributed by atoms with E-state index in [9.17, 15) is 0 Å². The lowest BCUT2D eigenvalue weighted by molar-refractivity contribution is 0.513. The highest BCUT2D eigenvalue weighted by atomic mass is 15.3. The van der Waals surface area contributed by atoms with E-state index in [4.69, 9.17) is 4.98 Å². The zero-order valence-corrected chi connectivity index (χ0v) is 13.8. The highest BCUT2D eigenvalue weighted by Crippen LogP contribution is 2.45. The minimum absolute atomic E-state index is 0.159. The molecule has 1 saturated carbocycles. The average molecular weight is 308 g/mol. The quantitative estimate of drug-likeness (QED) is 0.921. The molecule has 2 heterocycles. The van der Waals surface area contributed by atoms with E-state index < -0.39 is 0 Å². The van der Waals surface area contributed by atoms with Gasteiger partial charge in [0.25, 0.3) is 0 Å². The van der Waals surface area contributed by atoms with Crippen LogP contribution < -0.4 is 10.2 Å². The number of rotatable bonds is 5. The molecule has 1 saturated heterocycles. The zero-order valence-electron chi connectivity index (χ0n) is 13.8. The smallest absolute Gasteiger partial charge is 0.225 e. The van der Waals surface area contributed by atoms with E-state index in [0.29, 0.717) is 0 Å². The van der Waals surface area contributed by atoms with Crippen LogP contribution in [0.2, 0.25) is 0 Å². The molecule has 0 bridgehead atoms. The lowest BCUT2D eigenvalue weighted by Gasteiger charge is -2.19. The molecular formula is C19H24N4. The van der Waals surface area contributed by atoms with E-state index in [1.165, 1.54) is 36.8 Å². The average Bonchev–Trinajstić information content (AvgIpc) is 3.17. The lowest BCUT2D eigenvalue weighted by atomic mass is 10.0.